The van der Waals surface area contributed by atoms with Crippen molar-refractivity contribution in [3.63, 3.8) is 0 Å². The summed E-state index contributed by atoms with van der Waals surface area (Å²) in [5, 5.41) is 7.82. The van der Waals surface area contributed by atoms with Gasteiger partial charge in [-0.25, -0.2) is 14.6 Å². The first kappa shape index (κ1) is 14.5. The average Bonchev–Trinajstić information content (AvgIpc) is 2.99. The molecule has 2 aromatic heterocycles. The molecule has 3 aromatic rings. The summed E-state index contributed by atoms with van der Waals surface area (Å²) in [6.45, 7) is 0. The minimum atomic E-state index is -0.117. The van der Waals surface area contributed by atoms with Gasteiger partial charge in [0.05, 0.1) is 17.3 Å². The lowest BCUT2D eigenvalue weighted by atomic mass is 10.3. The van der Waals surface area contributed by atoms with Crippen molar-refractivity contribution in [2.75, 3.05) is 11.2 Å². The maximum atomic E-state index is 11.8. The van der Waals surface area contributed by atoms with Crippen LogP contribution in [0.5, 0.6) is 0 Å². The van der Waals surface area contributed by atoms with Crippen LogP contribution in [0.1, 0.15) is 12.8 Å². The molecular weight excluding hydrogens is 302 g/mol. The number of hydrogen-bond donors (Lipinski definition) is 1. The van der Waals surface area contributed by atoms with Crippen LogP contribution in [-0.2, 0) is 4.79 Å². The molecule has 1 aromatic carbocycles. The lowest BCUT2D eigenvalue weighted by Gasteiger charge is -2.05. The van der Waals surface area contributed by atoms with Crippen LogP contribution in [-0.4, -0.2) is 31.5 Å². The van der Waals surface area contributed by atoms with Gasteiger partial charge in [0, 0.05) is 12.3 Å². The monoisotopic (exact) mass is 315 g/mol. The van der Waals surface area contributed by atoms with E-state index in [0.717, 1.165) is 5.69 Å². The minimum absolute atomic E-state index is 0.117. The fraction of sp³-hybridized carbons (Fsp3) is 0.200. The second-order valence-corrected chi connectivity index (χ2v) is 5.07. The van der Waals surface area contributed by atoms with Crippen molar-refractivity contribution in [3.8, 4) is 5.69 Å². The van der Waals surface area contributed by atoms with Crippen LogP contribution in [0.15, 0.2) is 42.9 Å². The van der Waals surface area contributed by atoms with E-state index in [2.05, 4.69) is 20.4 Å². The number of alkyl halides is 1. The van der Waals surface area contributed by atoms with Crippen LogP contribution < -0.4 is 5.32 Å². The number of halogens is 1. The molecule has 0 aliphatic carbocycles. The van der Waals surface area contributed by atoms with Gasteiger partial charge in [-0.1, -0.05) is 18.2 Å². The number of benzene rings is 1. The number of nitrogens with one attached hydrogen (secondary N) is 1. The Hall–Kier alpha value is -2.47. The summed E-state index contributed by atoms with van der Waals surface area (Å²) in [5.41, 5.74) is 1.55. The first-order chi connectivity index (χ1) is 10.8. The number of rotatable bonds is 5. The summed E-state index contributed by atoms with van der Waals surface area (Å²) >= 11 is 5.60. The molecule has 6 nitrogen and oxygen atoms in total. The summed E-state index contributed by atoms with van der Waals surface area (Å²) in [5.74, 6) is 0.804. The van der Waals surface area contributed by atoms with Gasteiger partial charge in [-0.2, -0.15) is 5.10 Å². The summed E-state index contributed by atoms with van der Waals surface area (Å²) in [7, 11) is 0. The molecular formula is C15H14ClN5O. The Balaban J connectivity index is 1.94. The minimum Gasteiger partial charge on any atom is -0.310 e. The highest BCUT2D eigenvalue weighted by Gasteiger charge is 2.12. The lowest BCUT2D eigenvalue weighted by Crippen LogP contribution is -2.13. The molecule has 0 radical (unpaired) electrons. The van der Waals surface area contributed by atoms with E-state index in [1.165, 1.54) is 6.33 Å². The first-order valence-corrected chi connectivity index (χ1v) is 7.43. The number of anilines is 1. The smallest absolute Gasteiger partial charge is 0.225 e. The third kappa shape index (κ3) is 2.92. The highest BCUT2D eigenvalue weighted by atomic mass is 35.5. The molecule has 0 bridgehead atoms. The van der Waals surface area contributed by atoms with Crippen LogP contribution in [0.3, 0.4) is 0 Å². The molecule has 22 heavy (non-hydrogen) atoms. The van der Waals surface area contributed by atoms with Crippen molar-refractivity contribution in [2.24, 2.45) is 0 Å². The molecule has 1 N–H and O–H groups in total. The van der Waals surface area contributed by atoms with E-state index in [1.54, 1.807) is 10.9 Å². The zero-order chi connectivity index (χ0) is 15.4. The number of hydrogen-bond acceptors (Lipinski definition) is 4. The van der Waals surface area contributed by atoms with Gasteiger partial charge in [-0.3, -0.25) is 4.79 Å². The van der Waals surface area contributed by atoms with Gasteiger partial charge in [-0.15, -0.1) is 11.6 Å². The molecule has 0 aliphatic heterocycles. The van der Waals surface area contributed by atoms with E-state index >= 15 is 0 Å². The topological polar surface area (TPSA) is 72.7 Å². The van der Waals surface area contributed by atoms with Crippen LogP contribution in [0.2, 0.25) is 0 Å². The maximum Gasteiger partial charge on any atom is 0.225 e. The second kappa shape index (κ2) is 6.53. The molecule has 112 valence electrons. The number of carbonyl (C=O) groups excluding carboxylic acids is 1. The van der Waals surface area contributed by atoms with Crippen LogP contribution in [0, 0.1) is 0 Å². The van der Waals surface area contributed by atoms with Gasteiger partial charge >= 0.3 is 0 Å². The van der Waals surface area contributed by atoms with E-state index in [-0.39, 0.29) is 5.91 Å². The first-order valence-electron chi connectivity index (χ1n) is 6.89. The molecule has 0 spiro atoms. The average molecular weight is 316 g/mol. The van der Waals surface area contributed by atoms with Gasteiger partial charge in [0.15, 0.2) is 5.65 Å². The van der Waals surface area contributed by atoms with Crippen LogP contribution >= 0.6 is 11.6 Å². The number of carbonyl (C=O) groups is 1. The largest absolute Gasteiger partial charge is 0.310 e. The van der Waals surface area contributed by atoms with E-state index in [9.17, 15) is 4.79 Å². The molecule has 0 atom stereocenters. The summed E-state index contributed by atoms with van der Waals surface area (Å²) in [6, 6.07) is 9.67. The molecule has 0 fully saturated rings. The van der Waals surface area contributed by atoms with Crippen molar-refractivity contribution in [2.45, 2.75) is 12.8 Å². The molecule has 0 saturated carbocycles. The zero-order valence-electron chi connectivity index (χ0n) is 11.7. The van der Waals surface area contributed by atoms with Gasteiger partial charge in [0.1, 0.15) is 12.1 Å². The van der Waals surface area contributed by atoms with E-state index < -0.39 is 0 Å². The standard InChI is InChI=1S/C15H14ClN5O/c16-8-4-7-13(22)20-14-12-9-19-21(15(12)18-10-17-14)11-5-2-1-3-6-11/h1-3,5-6,9-10H,4,7-8H2,(H,17,18,20,22). The summed E-state index contributed by atoms with van der Waals surface area (Å²) in [4.78, 5) is 20.2. The van der Waals surface area contributed by atoms with E-state index in [0.29, 0.717) is 35.6 Å². The van der Waals surface area contributed by atoms with Gasteiger partial charge in [0.2, 0.25) is 5.91 Å². The normalized spacial score (nSPS) is 10.8. The Morgan fingerprint density at radius 1 is 1.23 bits per heavy atom. The quantitative estimate of drug-likeness (QED) is 0.735. The predicted octanol–water partition coefficient (Wildman–Crippen LogP) is 2.77. The Kier molecular flexibility index (Phi) is 4.29. The third-order valence-electron chi connectivity index (χ3n) is 3.16. The lowest BCUT2D eigenvalue weighted by molar-refractivity contribution is -0.116. The van der Waals surface area contributed by atoms with Gasteiger partial charge in [-0.05, 0) is 18.6 Å². The zero-order valence-corrected chi connectivity index (χ0v) is 12.5. The molecule has 1 amide bonds. The summed E-state index contributed by atoms with van der Waals surface area (Å²) in [6.07, 6.45) is 4.06. The number of amides is 1. The van der Waals surface area contributed by atoms with Crippen LogP contribution in [0.4, 0.5) is 5.82 Å². The predicted molar refractivity (Wildman–Crippen MR) is 85.2 cm³/mol. The molecule has 0 unspecified atom stereocenters. The van der Waals surface area contributed by atoms with Crippen molar-refractivity contribution in [3.05, 3.63) is 42.9 Å². The van der Waals surface area contributed by atoms with Crippen molar-refractivity contribution in [1.29, 1.82) is 0 Å². The van der Waals surface area contributed by atoms with Gasteiger partial charge in [0.25, 0.3) is 0 Å². The summed E-state index contributed by atoms with van der Waals surface area (Å²) < 4.78 is 1.71. The van der Waals surface area contributed by atoms with Crippen molar-refractivity contribution < 1.29 is 4.79 Å². The maximum absolute atomic E-state index is 11.8. The molecule has 3 rings (SSSR count). The molecule has 0 saturated heterocycles. The number of aromatic nitrogens is 4. The number of fused-ring (bicyclic) bond motifs is 1. The Morgan fingerprint density at radius 3 is 2.82 bits per heavy atom. The third-order valence-corrected chi connectivity index (χ3v) is 3.43. The van der Waals surface area contributed by atoms with E-state index in [1.807, 2.05) is 30.3 Å². The molecule has 7 heteroatoms. The second-order valence-electron chi connectivity index (χ2n) is 4.69. The molecule has 0 aliphatic rings. The Morgan fingerprint density at radius 2 is 2.05 bits per heavy atom. The Labute approximate surface area is 132 Å². The van der Waals surface area contributed by atoms with Crippen molar-refractivity contribution in [1.82, 2.24) is 19.7 Å². The van der Waals surface area contributed by atoms with E-state index in [4.69, 9.17) is 11.6 Å². The SMILES string of the molecule is O=C(CCCCl)Nc1ncnc2c1cnn2-c1ccccc1. The van der Waals surface area contributed by atoms with Gasteiger partial charge < -0.3 is 5.32 Å². The Bertz CT molecular complexity index is 787. The number of nitrogens with zero attached hydrogens (tertiary/aromatic N) is 4. The fourth-order valence-corrected chi connectivity index (χ4v) is 2.26. The highest BCUT2D eigenvalue weighted by molar-refractivity contribution is 6.18. The van der Waals surface area contributed by atoms with Crippen molar-refractivity contribution >= 4 is 34.4 Å². The fourth-order valence-electron chi connectivity index (χ4n) is 2.12. The molecule has 2 heterocycles. The highest BCUT2D eigenvalue weighted by Crippen LogP contribution is 2.21. The number of para-hydroxylation sites is 1. The van der Waals surface area contributed by atoms with Crippen LogP contribution in [0.25, 0.3) is 16.7 Å².